The predicted octanol–water partition coefficient (Wildman–Crippen LogP) is 4.24. The Kier molecular flexibility index (Phi) is 7.32. The fraction of sp³-hybridized carbons (Fsp3) is 0.250. The largest absolute Gasteiger partial charge is 0.497 e. The lowest BCUT2D eigenvalue weighted by Gasteiger charge is -2.23. The quantitative estimate of drug-likeness (QED) is 0.464. The Morgan fingerprint density at radius 2 is 1.90 bits per heavy atom. The van der Waals surface area contributed by atoms with Gasteiger partial charge in [-0.05, 0) is 18.4 Å². The summed E-state index contributed by atoms with van der Waals surface area (Å²) in [6.07, 6.45) is 13.6. The molecule has 162 valence electrons. The smallest absolute Gasteiger partial charge is 0.193 e. The molecule has 1 aliphatic rings. The number of benzene rings is 1. The van der Waals surface area contributed by atoms with Gasteiger partial charge in [-0.25, -0.2) is 0 Å². The topological polar surface area (TPSA) is 99.1 Å². The highest BCUT2D eigenvalue weighted by Crippen LogP contribution is 2.30. The molecule has 0 amide bonds. The second-order valence-electron chi connectivity index (χ2n) is 6.96. The lowest BCUT2D eigenvalue weighted by molar-refractivity contribution is 0.0979. The maximum atomic E-state index is 13.7. The molecule has 7 heteroatoms. The van der Waals surface area contributed by atoms with Crippen molar-refractivity contribution in [1.82, 2.24) is 0 Å². The van der Waals surface area contributed by atoms with Gasteiger partial charge in [0, 0.05) is 54.5 Å². The van der Waals surface area contributed by atoms with Crippen molar-refractivity contribution in [3.63, 3.8) is 0 Å². The zero-order valence-corrected chi connectivity index (χ0v) is 17.9. The molecule has 0 bridgehead atoms. The lowest BCUT2D eigenvalue weighted by Crippen LogP contribution is -2.32. The van der Waals surface area contributed by atoms with Gasteiger partial charge < -0.3 is 24.9 Å². The average molecular weight is 421 g/mol. The zero-order valence-electron chi connectivity index (χ0n) is 17.9. The molecular formula is C24H27N3O4. The number of ether oxygens (including phenoxy) is 2. The Morgan fingerprint density at radius 1 is 1.19 bits per heavy atom. The van der Waals surface area contributed by atoms with Crippen LogP contribution in [0, 0.1) is 0 Å². The number of Topliss-reactive ketones (excluding diaryl/α,β-unsaturated/α-hetero) is 1. The Bertz CT molecular complexity index is 1020. The minimum absolute atomic E-state index is 0.129. The first-order valence-electron chi connectivity index (χ1n) is 9.91. The molecule has 0 radical (unpaired) electrons. The number of methoxy groups -OCH3 is 2. The van der Waals surface area contributed by atoms with E-state index in [9.17, 15) is 4.79 Å². The average Bonchev–Trinajstić information content (AvgIpc) is 3.30. The predicted molar refractivity (Wildman–Crippen MR) is 123 cm³/mol. The fourth-order valence-electron chi connectivity index (χ4n) is 3.45. The van der Waals surface area contributed by atoms with Gasteiger partial charge in [0.2, 0.25) is 0 Å². The van der Waals surface area contributed by atoms with Crippen molar-refractivity contribution in [3.05, 3.63) is 71.9 Å². The molecule has 0 aliphatic heterocycles. The van der Waals surface area contributed by atoms with Crippen molar-refractivity contribution in [1.29, 1.82) is 0 Å². The molecule has 1 atom stereocenters. The Labute approximate surface area is 181 Å². The van der Waals surface area contributed by atoms with Crippen LogP contribution in [0.5, 0.6) is 11.5 Å². The van der Waals surface area contributed by atoms with Crippen LogP contribution in [-0.2, 0) is 0 Å². The van der Waals surface area contributed by atoms with Crippen LogP contribution in [0.2, 0.25) is 0 Å². The molecule has 3 rings (SSSR count). The summed E-state index contributed by atoms with van der Waals surface area (Å²) in [6.45, 7) is 0. The van der Waals surface area contributed by atoms with E-state index < -0.39 is 6.04 Å². The summed E-state index contributed by atoms with van der Waals surface area (Å²) in [4.78, 5) is 17.7. The van der Waals surface area contributed by atoms with E-state index in [1.165, 1.54) is 18.7 Å². The first kappa shape index (κ1) is 22.0. The molecule has 7 nitrogen and oxygen atoms in total. The van der Waals surface area contributed by atoms with E-state index >= 15 is 0 Å². The number of allylic oxidation sites excluding steroid dienone is 4. The summed E-state index contributed by atoms with van der Waals surface area (Å²) in [5.74, 6) is 1.13. The van der Waals surface area contributed by atoms with Crippen molar-refractivity contribution in [2.24, 2.45) is 10.7 Å². The maximum absolute atomic E-state index is 13.7. The lowest BCUT2D eigenvalue weighted by atomic mass is 9.90. The summed E-state index contributed by atoms with van der Waals surface area (Å²) in [6, 6.07) is 4.83. The van der Waals surface area contributed by atoms with Gasteiger partial charge in [0.15, 0.2) is 5.78 Å². The third-order valence-electron chi connectivity index (χ3n) is 5.03. The number of carbonyl (C=O) groups excluding carboxylic acids is 1. The van der Waals surface area contributed by atoms with E-state index in [1.54, 1.807) is 33.5 Å². The number of nitrogens with one attached hydrogen (secondary N) is 1. The SMILES string of the molecule is CN=CC(=CN)c1cocc1C(=O)C(Nc1cc(OC)cc(OC)c1)C1=CC=CCC1. The van der Waals surface area contributed by atoms with Crippen LogP contribution in [0.4, 0.5) is 5.69 Å². The minimum atomic E-state index is -0.601. The highest BCUT2D eigenvalue weighted by Gasteiger charge is 2.28. The van der Waals surface area contributed by atoms with Gasteiger partial charge in [-0.3, -0.25) is 9.79 Å². The molecule has 1 unspecified atom stereocenters. The number of ketones is 1. The summed E-state index contributed by atoms with van der Waals surface area (Å²) in [5.41, 5.74) is 9.08. The molecule has 31 heavy (non-hydrogen) atoms. The molecule has 0 saturated heterocycles. The molecule has 0 fully saturated rings. The fourth-order valence-corrected chi connectivity index (χ4v) is 3.45. The molecule has 2 aromatic rings. The monoisotopic (exact) mass is 421 g/mol. The number of anilines is 1. The summed E-state index contributed by atoms with van der Waals surface area (Å²) < 4.78 is 16.1. The van der Waals surface area contributed by atoms with Gasteiger partial charge in [-0.15, -0.1) is 0 Å². The molecule has 1 heterocycles. The van der Waals surface area contributed by atoms with Gasteiger partial charge in [0.25, 0.3) is 0 Å². The molecule has 1 aliphatic carbocycles. The van der Waals surface area contributed by atoms with E-state index in [0.717, 1.165) is 18.4 Å². The van der Waals surface area contributed by atoms with Crippen LogP contribution in [0.25, 0.3) is 5.57 Å². The highest BCUT2D eigenvalue weighted by molar-refractivity contribution is 6.15. The van der Waals surface area contributed by atoms with Crippen molar-refractivity contribution in [2.75, 3.05) is 26.6 Å². The number of carbonyl (C=O) groups is 1. The van der Waals surface area contributed by atoms with E-state index in [1.807, 2.05) is 24.3 Å². The van der Waals surface area contributed by atoms with Crippen LogP contribution in [-0.4, -0.2) is 39.3 Å². The number of hydrogen-bond acceptors (Lipinski definition) is 7. The van der Waals surface area contributed by atoms with Crippen LogP contribution in [0.1, 0.15) is 28.8 Å². The van der Waals surface area contributed by atoms with E-state index in [-0.39, 0.29) is 5.78 Å². The minimum Gasteiger partial charge on any atom is -0.497 e. The van der Waals surface area contributed by atoms with Gasteiger partial charge in [0.1, 0.15) is 23.8 Å². The van der Waals surface area contributed by atoms with E-state index in [4.69, 9.17) is 19.6 Å². The van der Waals surface area contributed by atoms with Gasteiger partial charge in [0.05, 0.1) is 26.0 Å². The zero-order chi connectivity index (χ0) is 22.2. The molecule has 1 aromatic carbocycles. The van der Waals surface area contributed by atoms with Crippen molar-refractivity contribution in [2.45, 2.75) is 18.9 Å². The Balaban J connectivity index is 2.02. The normalized spacial score (nSPS) is 14.9. The van der Waals surface area contributed by atoms with Crippen molar-refractivity contribution in [3.8, 4) is 11.5 Å². The second kappa shape index (κ2) is 10.3. The molecular weight excluding hydrogens is 394 g/mol. The Morgan fingerprint density at radius 3 is 2.48 bits per heavy atom. The number of nitrogens with two attached hydrogens (primary N) is 1. The van der Waals surface area contributed by atoms with Crippen LogP contribution >= 0.6 is 0 Å². The van der Waals surface area contributed by atoms with Gasteiger partial charge in [-0.1, -0.05) is 18.2 Å². The van der Waals surface area contributed by atoms with E-state index in [2.05, 4.69) is 16.4 Å². The first-order chi connectivity index (χ1) is 15.1. The summed E-state index contributed by atoms with van der Waals surface area (Å²) in [7, 11) is 4.82. The molecule has 3 N–H and O–H groups in total. The summed E-state index contributed by atoms with van der Waals surface area (Å²) in [5, 5.41) is 3.36. The highest BCUT2D eigenvalue weighted by atomic mass is 16.5. The van der Waals surface area contributed by atoms with E-state index in [0.29, 0.717) is 33.9 Å². The third-order valence-corrected chi connectivity index (χ3v) is 5.03. The molecule has 0 saturated carbocycles. The second-order valence-corrected chi connectivity index (χ2v) is 6.96. The Hall–Kier alpha value is -3.74. The third kappa shape index (κ3) is 5.06. The number of hydrogen-bond donors (Lipinski definition) is 2. The number of furan rings is 1. The van der Waals surface area contributed by atoms with Crippen LogP contribution < -0.4 is 20.5 Å². The number of aliphatic imine (C=N–C) groups is 1. The van der Waals surface area contributed by atoms with Crippen molar-refractivity contribution < 1.29 is 18.7 Å². The number of nitrogens with zero attached hydrogens (tertiary/aromatic N) is 1. The van der Waals surface area contributed by atoms with Gasteiger partial charge in [-0.2, -0.15) is 0 Å². The maximum Gasteiger partial charge on any atom is 0.193 e. The number of rotatable bonds is 9. The van der Waals surface area contributed by atoms with Gasteiger partial charge >= 0.3 is 0 Å². The first-order valence-corrected chi connectivity index (χ1v) is 9.91. The van der Waals surface area contributed by atoms with Crippen LogP contribution in [0.3, 0.4) is 0 Å². The van der Waals surface area contributed by atoms with Crippen molar-refractivity contribution >= 4 is 23.3 Å². The molecule has 0 spiro atoms. The summed E-state index contributed by atoms with van der Waals surface area (Å²) >= 11 is 0. The van der Waals surface area contributed by atoms with Crippen LogP contribution in [0.15, 0.2) is 70.1 Å². The standard InChI is InChI=1S/C24H27N3O4/c1-26-13-17(12-25)21-14-31-15-22(21)24(28)23(16-7-5-4-6-8-16)27-18-9-19(29-2)11-20(10-18)30-3/h4-5,7,9-15,23,27H,6,8,25H2,1-3H3. The molecule has 1 aromatic heterocycles.